The van der Waals surface area contributed by atoms with Gasteiger partial charge >= 0.3 is 0 Å². The van der Waals surface area contributed by atoms with Crippen molar-refractivity contribution in [1.29, 1.82) is 0 Å². The highest BCUT2D eigenvalue weighted by atomic mass is 35.5. The molecule has 0 unspecified atom stereocenters. The van der Waals surface area contributed by atoms with Crippen LogP contribution in [0.2, 0.25) is 15.1 Å². The lowest BCUT2D eigenvalue weighted by Crippen LogP contribution is -2.27. The van der Waals surface area contributed by atoms with Gasteiger partial charge < -0.3 is 4.84 Å². The van der Waals surface area contributed by atoms with Crippen LogP contribution < -0.4 is 5.48 Å². The van der Waals surface area contributed by atoms with E-state index >= 15 is 0 Å². The van der Waals surface area contributed by atoms with E-state index in [0.29, 0.717) is 21.5 Å². The highest BCUT2D eigenvalue weighted by molar-refractivity contribution is 6.39. The van der Waals surface area contributed by atoms with Crippen molar-refractivity contribution >= 4 is 34.8 Å². The van der Waals surface area contributed by atoms with Crippen molar-refractivity contribution in [2.45, 2.75) is 19.4 Å². The van der Waals surface area contributed by atoms with Crippen LogP contribution in [0.15, 0.2) is 12.1 Å². The quantitative estimate of drug-likeness (QED) is 0.840. The Kier molecular flexibility index (Phi) is 5.16. The number of hydroxylamine groups is 1. The smallest absolute Gasteiger partial charge is 0.0572 e. The zero-order chi connectivity index (χ0) is 11.4. The fourth-order valence-corrected chi connectivity index (χ4v) is 2.29. The van der Waals surface area contributed by atoms with E-state index in [2.05, 4.69) is 5.48 Å². The summed E-state index contributed by atoms with van der Waals surface area (Å²) in [6, 6.07) is 3.50. The Morgan fingerprint density at radius 3 is 2.27 bits per heavy atom. The van der Waals surface area contributed by atoms with Crippen LogP contribution in [0.3, 0.4) is 0 Å². The Balaban J connectivity index is 2.85. The SMILES string of the molecule is CON[C@H](C)Cc1c(Cl)cc(Cl)cc1Cl. The lowest BCUT2D eigenvalue weighted by molar-refractivity contribution is 0.0661. The summed E-state index contributed by atoms with van der Waals surface area (Å²) >= 11 is 17.9. The summed E-state index contributed by atoms with van der Waals surface area (Å²) in [5, 5.41) is 1.70. The molecule has 1 atom stereocenters. The van der Waals surface area contributed by atoms with Crippen molar-refractivity contribution in [3.63, 3.8) is 0 Å². The highest BCUT2D eigenvalue weighted by Crippen LogP contribution is 2.29. The van der Waals surface area contributed by atoms with Crippen molar-refractivity contribution < 1.29 is 4.84 Å². The van der Waals surface area contributed by atoms with Crippen molar-refractivity contribution in [2.24, 2.45) is 0 Å². The maximum absolute atomic E-state index is 6.04. The Morgan fingerprint density at radius 2 is 1.80 bits per heavy atom. The molecule has 1 aromatic carbocycles. The first-order valence-electron chi connectivity index (χ1n) is 4.46. The minimum atomic E-state index is 0.131. The number of halogens is 3. The number of nitrogens with one attached hydrogen (secondary N) is 1. The van der Waals surface area contributed by atoms with Gasteiger partial charge in [-0.25, -0.2) is 0 Å². The lowest BCUT2D eigenvalue weighted by atomic mass is 10.1. The second-order valence-corrected chi connectivity index (χ2v) is 4.53. The standard InChI is InChI=1S/C10H12Cl3NO/c1-6(14-15-2)3-8-9(12)4-7(11)5-10(8)13/h4-6,14H,3H2,1-2H3/t6-/m1/s1. The first kappa shape index (κ1) is 13.1. The molecule has 1 N–H and O–H groups in total. The van der Waals surface area contributed by atoms with E-state index in [1.807, 2.05) is 6.92 Å². The summed E-state index contributed by atoms with van der Waals surface area (Å²) in [4.78, 5) is 4.82. The molecule has 2 nitrogen and oxygen atoms in total. The number of benzene rings is 1. The predicted octanol–water partition coefficient (Wildman–Crippen LogP) is 3.73. The maximum Gasteiger partial charge on any atom is 0.0572 e. The molecule has 0 amide bonds. The first-order valence-corrected chi connectivity index (χ1v) is 5.60. The van der Waals surface area contributed by atoms with Crippen molar-refractivity contribution in [3.8, 4) is 0 Å². The average Bonchev–Trinajstić information content (AvgIpc) is 2.11. The van der Waals surface area contributed by atoms with Gasteiger partial charge in [0.15, 0.2) is 0 Å². The van der Waals surface area contributed by atoms with Crippen LogP contribution in [0.5, 0.6) is 0 Å². The van der Waals surface area contributed by atoms with Crippen LogP contribution in [0.4, 0.5) is 0 Å². The van der Waals surface area contributed by atoms with Crippen LogP contribution >= 0.6 is 34.8 Å². The lowest BCUT2D eigenvalue weighted by Gasteiger charge is -2.14. The van der Waals surface area contributed by atoms with Gasteiger partial charge in [-0.3, -0.25) is 0 Å². The molecule has 0 aromatic heterocycles. The van der Waals surface area contributed by atoms with Gasteiger partial charge in [0.2, 0.25) is 0 Å². The molecular formula is C10H12Cl3NO. The average molecular weight is 269 g/mol. The van der Waals surface area contributed by atoms with Gasteiger partial charge in [0.05, 0.1) is 7.11 Å². The van der Waals surface area contributed by atoms with Crippen molar-refractivity contribution in [2.75, 3.05) is 7.11 Å². The van der Waals surface area contributed by atoms with Crippen LogP contribution in [0.1, 0.15) is 12.5 Å². The Hall–Kier alpha value is 0.01000. The van der Waals surface area contributed by atoms with Gasteiger partial charge in [0.1, 0.15) is 0 Å². The van der Waals surface area contributed by atoms with Crippen molar-refractivity contribution in [3.05, 3.63) is 32.8 Å². The third kappa shape index (κ3) is 3.82. The van der Waals surface area contributed by atoms with E-state index in [1.165, 1.54) is 0 Å². The molecule has 0 saturated carbocycles. The van der Waals surface area contributed by atoms with E-state index in [-0.39, 0.29) is 6.04 Å². The molecule has 0 fully saturated rings. The summed E-state index contributed by atoms with van der Waals surface area (Å²) in [5.74, 6) is 0. The molecular weight excluding hydrogens is 256 g/mol. The maximum atomic E-state index is 6.04. The van der Waals surface area contributed by atoms with Crippen LogP contribution in [-0.2, 0) is 11.3 Å². The summed E-state index contributed by atoms with van der Waals surface area (Å²) in [5.41, 5.74) is 3.69. The summed E-state index contributed by atoms with van der Waals surface area (Å²) < 4.78 is 0. The van der Waals surface area contributed by atoms with E-state index < -0.39 is 0 Å². The third-order valence-electron chi connectivity index (χ3n) is 1.94. The zero-order valence-electron chi connectivity index (χ0n) is 8.48. The molecule has 0 saturated heterocycles. The second-order valence-electron chi connectivity index (χ2n) is 3.28. The number of hydrogen-bond acceptors (Lipinski definition) is 2. The van der Waals surface area contributed by atoms with Gasteiger partial charge in [-0.15, -0.1) is 0 Å². The van der Waals surface area contributed by atoms with E-state index in [4.69, 9.17) is 39.6 Å². The minimum Gasteiger partial charge on any atom is -0.305 e. The van der Waals surface area contributed by atoms with Crippen molar-refractivity contribution in [1.82, 2.24) is 5.48 Å². The fourth-order valence-electron chi connectivity index (χ4n) is 1.32. The topological polar surface area (TPSA) is 21.3 Å². The second kappa shape index (κ2) is 5.92. The molecule has 0 radical (unpaired) electrons. The molecule has 0 aliphatic rings. The molecule has 0 bridgehead atoms. The van der Waals surface area contributed by atoms with Gasteiger partial charge in [-0.1, -0.05) is 34.8 Å². The third-order valence-corrected chi connectivity index (χ3v) is 2.83. The monoisotopic (exact) mass is 267 g/mol. The van der Waals surface area contributed by atoms with Gasteiger partial charge in [0, 0.05) is 21.1 Å². The Bertz CT molecular complexity index is 320. The highest BCUT2D eigenvalue weighted by Gasteiger charge is 2.11. The van der Waals surface area contributed by atoms with Crippen LogP contribution in [-0.4, -0.2) is 13.2 Å². The molecule has 5 heteroatoms. The molecule has 84 valence electrons. The molecule has 0 aliphatic heterocycles. The molecule has 0 aliphatic carbocycles. The van der Waals surface area contributed by atoms with E-state index in [9.17, 15) is 0 Å². The largest absolute Gasteiger partial charge is 0.305 e. The molecule has 1 aromatic rings. The Labute approximate surface area is 104 Å². The summed E-state index contributed by atoms with van der Waals surface area (Å²) in [6.07, 6.45) is 0.683. The zero-order valence-corrected chi connectivity index (χ0v) is 10.7. The minimum absolute atomic E-state index is 0.131. The summed E-state index contributed by atoms with van der Waals surface area (Å²) in [6.45, 7) is 1.98. The number of hydrogen-bond donors (Lipinski definition) is 1. The first-order chi connectivity index (χ1) is 7.04. The van der Waals surface area contributed by atoms with E-state index in [0.717, 1.165) is 5.56 Å². The normalized spacial score (nSPS) is 12.9. The van der Waals surface area contributed by atoms with Crippen LogP contribution in [0.25, 0.3) is 0 Å². The molecule has 1 rings (SSSR count). The fraction of sp³-hybridized carbons (Fsp3) is 0.400. The Morgan fingerprint density at radius 1 is 1.27 bits per heavy atom. The molecule has 15 heavy (non-hydrogen) atoms. The summed E-state index contributed by atoms with van der Waals surface area (Å²) in [7, 11) is 1.57. The molecule has 0 heterocycles. The number of rotatable bonds is 4. The van der Waals surface area contributed by atoms with Gasteiger partial charge in [0.25, 0.3) is 0 Å². The van der Waals surface area contributed by atoms with Gasteiger partial charge in [-0.2, -0.15) is 5.48 Å². The van der Waals surface area contributed by atoms with E-state index in [1.54, 1.807) is 19.2 Å². The molecule has 0 spiro atoms. The van der Waals surface area contributed by atoms with Gasteiger partial charge in [-0.05, 0) is 31.0 Å². The van der Waals surface area contributed by atoms with Crippen LogP contribution in [0, 0.1) is 0 Å². The predicted molar refractivity (Wildman–Crippen MR) is 64.8 cm³/mol.